The van der Waals surface area contributed by atoms with Gasteiger partial charge in [0.05, 0.1) is 12.1 Å². The van der Waals surface area contributed by atoms with Gasteiger partial charge in [0.25, 0.3) is 5.91 Å². The lowest BCUT2D eigenvalue weighted by Crippen LogP contribution is -2.15. The van der Waals surface area contributed by atoms with Crippen LogP contribution in [-0.4, -0.2) is 21.8 Å². The van der Waals surface area contributed by atoms with Crippen molar-refractivity contribution in [2.24, 2.45) is 0 Å². The highest BCUT2D eigenvalue weighted by molar-refractivity contribution is 7.13. The number of fused-ring (bicyclic) bond motifs is 1. The molecule has 0 bridgehead atoms. The smallest absolute Gasteiger partial charge is 0.251 e. The zero-order valence-electron chi connectivity index (χ0n) is 13.2. The third kappa shape index (κ3) is 3.27. The molecule has 0 atom stereocenters. The van der Waals surface area contributed by atoms with Gasteiger partial charge >= 0.3 is 0 Å². The largest absolute Gasteiger partial charge is 0.348 e. The summed E-state index contributed by atoms with van der Waals surface area (Å²) in [5.41, 5.74) is 3.82. The molecule has 3 heterocycles. The first kappa shape index (κ1) is 15.5. The van der Waals surface area contributed by atoms with Crippen LogP contribution in [0.25, 0.3) is 10.6 Å². The fraction of sp³-hybridized carbons (Fsp3) is 0.111. The molecule has 1 aliphatic rings. The SMILES string of the molecule is O=C(Cc1csc(-c2cccnc2)n1)Nc1ccc2c(c1)C(=O)NC2. The fourth-order valence-corrected chi connectivity index (χ4v) is 3.48. The third-order valence-electron chi connectivity index (χ3n) is 3.88. The Morgan fingerprint density at radius 1 is 1.32 bits per heavy atom. The lowest BCUT2D eigenvalue weighted by molar-refractivity contribution is -0.115. The second-order valence-electron chi connectivity index (χ2n) is 5.67. The second kappa shape index (κ2) is 6.45. The van der Waals surface area contributed by atoms with Gasteiger partial charge in [0, 0.05) is 41.1 Å². The Balaban J connectivity index is 1.44. The number of amides is 2. The van der Waals surface area contributed by atoms with Crippen LogP contribution in [0.1, 0.15) is 21.6 Å². The van der Waals surface area contributed by atoms with E-state index in [1.54, 1.807) is 24.5 Å². The van der Waals surface area contributed by atoms with Crippen molar-refractivity contribution in [1.82, 2.24) is 15.3 Å². The standard InChI is InChI=1S/C18H14N4O2S/c23-16(21-13-4-3-11-9-20-17(24)15(11)6-13)7-14-10-25-18(22-14)12-2-1-5-19-8-12/h1-6,8,10H,7,9H2,(H,20,24)(H,21,23). The number of carbonyl (C=O) groups is 2. The Hall–Kier alpha value is -3.06. The average molecular weight is 350 g/mol. The number of anilines is 1. The molecule has 0 radical (unpaired) electrons. The number of pyridine rings is 1. The summed E-state index contributed by atoms with van der Waals surface area (Å²) in [5.74, 6) is -0.270. The quantitative estimate of drug-likeness (QED) is 0.758. The van der Waals surface area contributed by atoms with E-state index in [4.69, 9.17) is 0 Å². The molecule has 0 aliphatic carbocycles. The van der Waals surface area contributed by atoms with E-state index in [0.717, 1.165) is 16.1 Å². The van der Waals surface area contributed by atoms with E-state index in [9.17, 15) is 9.59 Å². The number of aromatic nitrogens is 2. The van der Waals surface area contributed by atoms with Gasteiger partial charge in [-0.05, 0) is 29.8 Å². The van der Waals surface area contributed by atoms with Crippen molar-refractivity contribution < 1.29 is 9.59 Å². The summed E-state index contributed by atoms with van der Waals surface area (Å²) in [7, 11) is 0. The Kier molecular flexibility index (Phi) is 3.99. The van der Waals surface area contributed by atoms with Gasteiger partial charge < -0.3 is 10.6 Å². The maximum atomic E-state index is 12.2. The van der Waals surface area contributed by atoms with Crippen LogP contribution in [0.2, 0.25) is 0 Å². The van der Waals surface area contributed by atoms with Crippen molar-refractivity contribution in [1.29, 1.82) is 0 Å². The molecular formula is C18H14N4O2S. The number of rotatable bonds is 4. The summed E-state index contributed by atoms with van der Waals surface area (Å²) in [6.07, 6.45) is 3.64. The van der Waals surface area contributed by atoms with E-state index in [-0.39, 0.29) is 18.2 Å². The van der Waals surface area contributed by atoms with Gasteiger partial charge in [-0.2, -0.15) is 0 Å². The van der Waals surface area contributed by atoms with Crippen LogP contribution in [0.15, 0.2) is 48.1 Å². The number of hydrogen-bond donors (Lipinski definition) is 2. The molecule has 4 rings (SSSR count). The molecule has 7 heteroatoms. The van der Waals surface area contributed by atoms with Gasteiger partial charge in [-0.25, -0.2) is 4.98 Å². The van der Waals surface area contributed by atoms with Crippen molar-refractivity contribution in [2.45, 2.75) is 13.0 Å². The van der Waals surface area contributed by atoms with Gasteiger partial charge in [0.1, 0.15) is 5.01 Å². The van der Waals surface area contributed by atoms with E-state index in [1.165, 1.54) is 11.3 Å². The molecule has 2 N–H and O–H groups in total. The van der Waals surface area contributed by atoms with Crippen molar-refractivity contribution >= 4 is 28.8 Å². The third-order valence-corrected chi connectivity index (χ3v) is 4.82. The van der Waals surface area contributed by atoms with Gasteiger partial charge in [0.2, 0.25) is 5.91 Å². The molecule has 6 nitrogen and oxygen atoms in total. The predicted octanol–water partition coefficient (Wildman–Crippen LogP) is 2.63. The first-order chi connectivity index (χ1) is 12.2. The maximum Gasteiger partial charge on any atom is 0.251 e. The molecule has 0 fully saturated rings. The molecule has 0 saturated carbocycles. The molecule has 124 valence electrons. The predicted molar refractivity (Wildman–Crippen MR) is 95.3 cm³/mol. The molecule has 1 aliphatic heterocycles. The highest BCUT2D eigenvalue weighted by Crippen LogP contribution is 2.23. The summed E-state index contributed by atoms with van der Waals surface area (Å²) < 4.78 is 0. The number of carbonyl (C=O) groups excluding carboxylic acids is 2. The normalized spacial score (nSPS) is 12.6. The highest BCUT2D eigenvalue weighted by Gasteiger charge is 2.19. The lowest BCUT2D eigenvalue weighted by Gasteiger charge is -2.05. The van der Waals surface area contributed by atoms with Gasteiger partial charge in [-0.3, -0.25) is 14.6 Å². The Bertz CT molecular complexity index is 953. The molecule has 1 aromatic carbocycles. The van der Waals surface area contributed by atoms with Gasteiger partial charge in [0.15, 0.2) is 0 Å². The molecule has 2 amide bonds. The van der Waals surface area contributed by atoms with Crippen molar-refractivity contribution in [3.63, 3.8) is 0 Å². The van der Waals surface area contributed by atoms with Crippen LogP contribution in [-0.2, 0) is 17.8 Å². The summed E-state index contributed by atoms with van der Waals surface area (Å²) in [6.45, 7) is 0.540. The molecule has 2 aromatic heterocycles. The topological polar surface area (TPSA) is 84.0 Å². The average Bonchev–Trinajstić information content (AvgIpc) is 3.23. The number of nitrogens with zero attached hydrogens (tertiary/aromatic N) is 2. The number of hydrogen-bond acceptors (Lipinski definition) is 5. The minimum Gasteiger partial charge on any atom is -0.348 e. The highest BCUT2D eigenvalue weighted by atomic mass is 32.1. The Morgan fingerprint density at radius 2 is 2.24 bits per heavy atom. The van der Waals surface area contributed by atoms with Crippen LogP contribution >= 0.6 is 11.3 Å². The molecule has 3 aromatic rings. The molecular weight excluding hydrogens is 336 g/mol. The first-order valence-corrected chi connectivity index (χ1v) is 8.63. The molecule has 0 saturated heterocycles. The maximum absolute atomic E-state index is 12.2. The van der Waals surface area contributed by atoms with Crippen molar-refractivity contribution in [3.05, 3.63) is 64.9 Å². The van der Waals surface area contributed by atoms with Crippen molar-refractivity contribution in [3.8, 4) is 10.6 Å². The van der Waals surface area contributed by atoms with Gasteiger partial charge in [-0.1, -0.05) is 6.07 Å². The first-order valence-electron chi connectivity index (χ1n) is 7.75. The van der Waals surface area contributed by atoms with E-state index in [2.05, 4.69) is 20.6 Å². The van der Waals surface area contributed by atoms with E-state index in [0.29, 0.717) is 23.5 Å². The van der Waals surface area contributed by atoms with E-state index in [1.807, 2.05) is 23.6 Å². The Morgan fingerprint density at radius 3 is 3.08 bits per heavy atom. The summed E-state index contributed by atoms with van der Waals surface area (Å²) >= 11 is 1.48. The zero-order valence-corrected chi connectivity index (χ0v) is 14.0. The summed E-state index contributed by atoms with van der Waals surface area (Å²) in [5, 5.41) is 8.29. The minimum absolute atomic E-state index is 0.105. The van der Waals surface area contributed by atoms with E-state index < -0.39 is 0 Å². The summed E-state index contributed by atoms with van der Waals surface area (Å²) in [6, 6.07) is 9.15. The monoisotopic (exact) mass is 350 g/mol. The minimum atomic E-state index is -0.165. The second-order valence-corrected chi connectivity index (χ2v) is 6.52. The Labute approximate surface area is 148 Å². The molecule has 0 spiro atoms. The van der Waals surface area contributed by atoms with Crippen molar-refractivity contribution in [2.75, 3.05) is 5.32 Å². The zero-order chi connectivity index (χ0) is 17.2. The van der Waals surface area contributed by atoms with Crippen LogP contribution in [0.5, 0.6) is 0 Å². The molecule has 0 unspecified atom stereocenters. The number of benzene rings is 1. The van der Waals surface area contributed by atoms with Crippen LogP contribution in [0, 0.1) is 0 Å². The van der Waals surface area contributed by atoms with Gasteiger partial charge in [-0.15, -0.1) is 11.3 Å². The summed E-state index contributed by atoms with van der Waals surface area (Å²) in [4.78, 5) is 32.5. The number of thiazole rings is 1. The van der Waals surface area contributed by atoms with E-state index >= 15 is 0 Å². The van der Waals surface area contributed by atoms with Crippen LogP contribution < -0.4 is 10.6 Å². The van der Waals surface area contributed by atoms with Crippen LogP contribution in [0.4, 0.5) is 5.69 Å². The lowest BCUT2D eigenvalue weighted by atomic mass is 10.1. The van der Waals surface area contributed by atoms with Crippen LogP contribution in [0.3, 0.4) is 0 Å². The number of nitrogens with one attached hydrogen (secondary N) is 2. The molecule has 25 heavy (non-hydrogen) atoms. The fourth-order valence-electron chi connectivity index (χ4n) is 2.67.